The number of nitrogens with one attached hydrogen (secondary N) is 3. The number of ether oxygens (including phenoxy) is 1. The molecule has 1 aromatic carbocycles. The summed E-state index contributed by atoms with van der Waals surface area (Å²) >= 11 is 0. The summed E-state index contributed by atoms with van der Waals surface area (Å²) in [5.74, 6) is -1.35. The zero-order valence-corrected chi connectivity index (χ0v) is 20.6. The van der Waals surface area contributed by atoms with Gasteiger partial charge >= 0.3 is 0 Å². The first-order valence-electron chi connectivity index (χ1n) is 11.8. The fourth-order valence-corrected chi connectivity index (χ4v) is 4.44. The molecule has 4 N–H and O–H groups in total. The molecule has 0 radical (unpaired) electrons. The van der Waals surface area contributed by atoms with Gasteiger partial charge in [0.2, 0.25) is 11.8 Å². The standard InChI is InChI=1S/C25H34N4O6/c1-14(2)10-20(24(33)28-18(21(31)13-30)11-15-8-9-26-23(15)32)29(3)25(34)19-12-16-17(27-19)6-5-7-22(16)35-4/h5-7,12,14-15,18,20,27,30H,8-11,13H2,1-4H3,(H,26,32)(H,28,33)/t15?,18-,20+/m0/s1. The molecule has 1 saturated heterocycles. The Labute approximate surface area is 204 Å². The molecule has 1 fully saturated rings. The molecule has 2 heterocycles. The number of aliphatic hydroxyl groups is 1. The van der Waals surface area contributed by atoms with Gasteiger partial charge in [0.05, 0.1) is 13.2 Å². The van der Waals surface area contributed by atoms with Gasteiger partial charge in [-0.1, -0.05) is 19.9 Å². The van der Waals surface area contributed by atoms with E-state index in [1.54, 1.807) is 26.3 Å². The highest BCUT2D eigenvalue weighted by atomic mass is 16.5. The molecule has 0 spiro atoms. The number of hydrogen-bond donors (Lipinski definition) is 4. The molecule has 1 aromatic heterocycles. The van der Waals surface area contributed by atoms with Crippen LogP contribution in [0.5, 0.6) is 5.75 Å². The lowest BCUT2D eigenvalue weighted by Crippen LogP contribution is -2.53. The van der Waals surface area contributed by atoms with Gasteiger partial charge in [0.1, 0.15) is 24.1 Å². The Hall–Kier alpha value is -3.40. The Morgan fingerprint density at radius 2 is 2.03 bits per heavy atom. The number of hydrogen-bond acceptors (Lipinski definition) is 6. The van der Waals surface area contributed by atoms with E-state index in [1.165, 1.54) is 4.90 Å². The van der Waals surface area contributed by atoms with Crippen LogP contribution in [0.15, 0.2) is 24.3 Å². The van der Waals surface area contributed by atoms with Crippen molar-refractivity contribution < 1.29 is 29.0 Å². The molecule has 0 aliphatic carbocycles. The largest absolute Gasteiger partial charge is 0.496 e. The van der Waals surface area contributed by atoms with Crippen LogP contribution in [0.25, 0.3) is 10.9 Å². The number of benzene rings is 1. The summed E-state index contributed by atoms with van der Waals surface area (Å²) in [5.41, 5.74) is 1.04. The topological polar surface area (TPSA) is 141 Å². The molecule has 3 amide bonds. The van der Waals surface area contributed by atoms with E-state index in [-0.39, 0.29) is 24.2 Å². The second kappa shape index (κ2) is 11.4. The molecule has 2 aromatic rings. The summed E-state index contributed by atoms with van der Waals surface area (Å²) in [7, 11) is 3.10. The number of H-pyrrole nitrogens is 1. The number of fused-ring (bicyclic) bond motifs is 1. The van der Waals surface area contributed by atoms with Gasteiger partial charge in [0.15, 0.2) is 5.78 Å². The highest BCUT2D eigenvalue weighted by molar-refractivity contribution is 6.02. The summed E-state index contributed by atoms with van der Waals surface area (Å²) in [6.45, 7) is 3.64. The minimum absolute atomic E-state index is 0.0800. The van der Waals surface area contributed by atoms with Gasteiger partial charge in [0, 0.05) is 30.4 Å². The van der Waals surface area contributed by atoms with Gasteiger partial charge in [-0.05, 0) is 43.4 Å². The van der Waals surface area contributed by atoms with E-state index in [2.05, 4.69) is 15.6 Å². The first-order chi connectivity index (χ1) is 16.7. The number of aliphatic hydroxyl groups excluding tert-OH is 1. The van der Waals surface area contributed by atoms with Crippen LogP contribution in [0.3, 0.4) is 0 Å². The van der Waals surface area contributed by atoms with Crippen LogP contribution in [0.4, 0.5) is 0 Å². The van der Waals surface area contributed by atoms with Gasteiger partial charge < -0.3 is 30.4 Å². The molecule has 1 aliphatic heterocycles. The smallest absolute Gasteiger partial charge is 0.270 e. The van der Waals surface area contributed by atoms with Crippen molar-refractivity contribution in [3.05, 3.63) is 30.0 Å². The van der Waals surface area contributed by atoms with Crippen molar-refractivity contribution in [2.24, 2.45) is 11.8 Å². The van der Waals surface area contributed by atoms with Gasteiger partial charge in [-0.25, -0.2) is 0 Å². The fourth-order valence-electron chi connectivity index (χ4n) is 4.44. The maximum atomic E-state index is 13.4. The second-order valence-electron chi connectivity index (χ2n) is 9.36. The molecule has 3 rings (SSSR count). The van der Waals surface area contributed by atoms with E-state index in [4.69, 9.17) is 4.74 Å². The lowest BCUT2D eigenvalue weighted by molar-refractivity contribution is -0.133. The summed E-state index contributed by atoms with van der Waals surface area (Å²) in [6.07, 6.45) is 1.02. The minimum Gasteiger partial charge on any atom is -0.496 e. The zero-order valence-electron chi connectivity index (χ0n) is 20.6. The van der Waals surface area contributed by atoms with E-state index >= 15 is 0 Å². The van der Waals surface area contributed by atoms with E-state index < -0.39 is 36.3 Å². The van der Waals surface area contributed by atoms with Crippen molar-refractivity contribution >= 4 is 34.4 Å². The third-order valence-corrected chi connectivity index (χ3v) is 6.40. The normalized spacial score (nSPS) is 17.2. The molecule has 1 aliphatic rings. The number of methoxy groups -OCH3 is 1. The van der Waals surface area contributed by atoms with Gasteiger partial charge in [-0.2, -0.15) is 0 Å². The molecule has 3 atom stereocenters. The number of amides is 3. The zero-order chi connectivity index (χ0) is 25.7. The average Bonchev–Trinajstić information content (AvgIpc) is 3.46. The van der Waals surface area contributed by atoms with Crippen LogP contribution in [-0.4, -0.2) is 77.9 Å². The van der Waals surface area contributed by atoms with E-state index in [0.29, 0.717) is 30.8 Å². The molecule has 10 nitrogen and oxygen atoms in total. The Morgan fingerprint density at radius 3 is 2.63 bits per heavy atom. The second-order valence-corrected chi connectivity index (χ2v) is 9.36. The molecule has 1 unspecified atom stereocenters. The highest BCUT2D eigenvalue weighted by Crippen LogP contribution is 2.27. The van der Waals surface area contributed by atoms with E-state index in [0.717, 1.165) is 10.9 Å². The fraction of sp³-hybridized carbons (Fsp3) is 0.520. The summed E-state index contributed by atoms with van der Waals surface area (Å²) in [6, 6.07) is 5.25. The number of rotatable bonds is 11. The number of aromatic amines is 1. The number of ketones is 1. The SMILES string of the molecule is COc1cccc2[nH]c(C(=O)N(C)[C@H](CC(C)C)C(=O)N[C@@H](CC3CCNC3=O)C(=O)CO)cc12. The maximum Gasteiger partial charge on any atom is 0.270 e. The average molecular weight is 487 g/mol. The predicted octanol–water partition coefficient (Wildman–Crippen LogP) is 1.24. The summed E-state index contributed by atoms with van der Waals surface area (Å²) < 4.78 is 5.37. The predicted molar refractivity (Wildman–Crippen MR) is 130 cm³/mol. The number of nitrogens with zero attached hydrogens (tertiary/aromatic N) is 1. The van der Waals surface area contributed by atoms with Crippen molar-refractivity contribution in [3.8, 4) is 5.75 Å². The molecular weight excluding hydrogens is 452 g/mol. The molecular formula is C25H34N4O6. The number of carbonyl (C=O) groups excluding carboxylic acids is 4. The number of Topliss-reactive ketones (excluding diaryl/α,β-unsaturated/α-hetero) is 1. The third-order valence-electron chi connectivity index (χ3n) is 6.40. The van der Waals surface area contributed by atoms with E-state index in [9.17, 15) is 24.3 Å². The quantitative estimate of drug-likeness (QED) is 0.377. The van der Waals surface area contributed by atoms with Crippen molar-refractivity contribution in [1.82, 2.24) is 20.5 Å². The lowest BCUT2D eigenvalue weighted by Gasteiger charge is -2.30. The first-order valence-corrected chi connectivity index (χ1v) is 11.8. The van der Waals surface area contributed by atoms with Gasteiger partial charge in [0.25, 0.3) is 5.91 Å². The molecule has 35 heavy (non-hydrogen) atoms. The van der Waals surface area contributed by atoms with Crippen LogP contribution in [0.1, 0.15) is 43.6 Å². The Kier molecular flexibility index (Phi) is 8.50. The minimum atomic E-state index is -1.02. The monoisotopic (exact) mass is 486 g/mol. The number of aromatic nitrogens is 1. The van der Waals surface area contributed by atoms with Crippen LogP contribution in [0, 0.1) is 11.8 Å². The molecule has 10 heteroatoms. The molecule has 0 bridgehead atoms. The van der Waals surface area contributed by atoms with Crippen molar-refractivity contribution in [3.63, 3.8) is 0 Å². The van der Waals surface area contributed by atoms with Crippen LogP contribution in [-0.2, 0) is 14.4 Å². The van der Waals surface area contributed by atoms with Gasteiger partial charge in [-0.3, -0.25) is 19.2 Å². The lowest BCUT2D eigenvalue weighted by atomic mass is 9.95. The Balaban J connectivity index is 1.82. The van der Waals surface area contributed by atoms with Crippen molar-refractivity contribution in [1.29, 1.82) is 0 Å². The van der Waals surface area contributed by atoms with Crippen LogP contribution in [0.2, 0.25) is 0 Å². The van der Waals surface area contributed by atoms with Crippen LogP contribution < -0.4 is 15.4 Å². The van der Waals surface area contributed by atoms with E-state index in [1.807, 2.05) is 26.0 Å². The third kappa shape index (κ3) is 6.00. The summed E-state index contributed by atoms with van der Waals surface area (Å²) in [4.78, 5) is 55.5. The molecule has 0 saturated carbocycles. The number of carbonyl (C=O) groups is 4. The number of likely N-dealkylation sites (N-methyl/N-ethyl adjacent to an activating group) is 1. The Bertz CT molecular complexity index is 1090. The highest BCUT2D eigenvalue weighted by Gasteiger charge is 2.35. The van der Waals surface area contributed by atoms with Gasteiger partial charge in [-0.15, -0.1) is 0 Å². The summed E-state index contributed by atoms with van der Waals surface area (Å²) in [5, 5.41) is 15.6. The molecule has 190 valence electrons. The van der Waals surface area contributed by atoms with Crippen LogP contribution >= 0.6 is 0 Å². The maximum absolute atomic E-state index is 13.4. The first kappa shape index (κ1) is 26.2. The van der Waals surface area contributed by atoms with Crippen molar-refractivity contribution in [2.45, 2.75) is 45.2 Å². The Morgan fingerprint density at radius 1 is 1.29 bits per heavy atom. The van der Waals surface area contributed by atoms with Crippen molar-refractivity contribution in [2.75, 3.05) is 27.3 Å².